The van der Waals surface area contributed by atoms with Crippen LogP contribution in [0.4, 0.5) is 0 Å². The average molecular weight is 230 g/mol. The summed E-state index contributed by atoms with van der Waals surface area (Å²) in [7, 11) is 0. The van der Waals surface area contributed by atoms with Gasteiger partial charge in [-0.2, -0.15) is 0 Å². The van der Waals surface area contributed by atoms with Crippen LogP contribution in [-0.2, 0) is 5.41 Å². The number of hydrogen-bond donors (Lipinski definition) is 2. The van der Waals surface area contributed by atoms with Gasteiger partial charge in [0.25, 0.3) is 0 Å². The molecule has 1 rings (SSSR count). The molecule has 0 aliphatic heterocycles. The van der Waals surface area contributed by atoms with Gasteiger partial charge in [-0.05, 0) is 16.5 Å². The number of benzene rings is 1. The standard InChI is InChI=1S/C12H19NO.ClH/c1-12(2,3)10-6-4-9(5-7-10)11(13)8-14;/h4-7,11,14H,8,13H2,1-3H3;1H/t11-;/m1./s1. The molecular formula is C12H20ClNO. The number of aliphatic hydroxyl groups is 1. The van der Waals surface area contributed by atoms with Crippen LogP contribution in [0.1, 0.15) is 37.9 Å². The molecule has 0 unspecified atom stereocenters. The summed E-state index contributed by atoms with van der Waals surface area (Å²) in [6.07, 6.45) is 0. The molecule has 15 heavy (non-hydrogen) atoms. The third-order valence-electron chi connectivity index (χ3n) is 2.40. The van der Waals surface area contributed by atoms with Crippen LogP contribution in [0.3, 0.4) is 0 Å². The molecular weight excluding hydrogens is 210 g/mol. The van der Waals surface area contributed by atoms with Crippen molar-refractivity contribution in [3.63, 3.8) is 0 Å². The first-order valence-electron chi connectivity index (χ1n) is 4.92. The zero-order valence-corrected chi connectivity index (χ0v) is 10.3. The molecule has 3 heteroatoms. The third kappa shape index (κ3) is 3.82. The maximum atomic E-state index is 8.89. The molecule has 2 nitrogen and oxygen atoms in total. The second kappa shape index (κ2) is 5.50. The molecule has 1 aromatic rings. The van der Waals surface area contributed by atoms with Crippen molar-refractivity contribution in [2.24, 2.45) is 5.73 Å². The Morgan fingerprint density at radius 2 is 1.67 bits per heavy atom. The predicted molar refractivity (Wildman–Crippen MR) is 66.4 cm³/mol. The van der Waals surface area contributed by atoms with Crippen LogP contribution < -0.4 is 5.73 Å². The summed E-state index contributed by atoms with van der Waals surface area (Å²) >= 11 is 0. The van der Waals surface area contributed by atoms with E-state index in [0.29, 0.717) is 0 Å². The second-order valence-electron chi connectivity index (χ2n) is 4.66. The largest absolute Gasteiger partial charge is 0.394 e. The zero-order valence-electron chi connectivity index (χ0n) is 9.53. The molecule has 0 bridgehead atoms. The fourth-order valence-corrected chi connectivity index (χ4v) is 1.34. The molecule has 0 aliphatic rings. The lowest BCUT2D eigenvalue weighted by atomic mass is 9.86. The zero-order chi connectivity index (χ0) is 10.8. The second-order valence-corrected chi connectivity index (χ2v) is 4.66. The van der Waals surface area contributed by atoms with Gasteiger partial charge >= 0.3 is 0 Å². The van der Waals surface area contributed by atoms with Crippen molar-refractivity contribution < 1.29 is 5.11 Å². The van der Waals surface area contributed by atoms with Gasteiger partial charge in [-0.1, -0.05) is 45.0 Å². The van der Waals surface area contributed by atoms with Crippen LogP contribution in [0.2, 0.25) is 0 Å². The minimum Gasteiger partial charge on any atom is -0.394 e. The highest BCUT2D eigenvalue weighted by Crippen LogP contribution is 2.23. The number of aliphatic hydroxyl groups excluding tert-OH is 1. The Kier molecular flexibility index (Phi) is 5.29. The van der Waals surface area contributed by atoms with Gasteiger partial charge in [0.2, 0.25) is 0 Å². The fourth-order valence-electron chi connectivity index (χ4n) is 1.34. The van der Waals surface area contributed by atoms with Crippen molar-refractivity contribution in [2.75, 3.05) is 6.61 Å². The van der Waals surface area contributed by atoms with E-state index in [9.17, 15) is 0 Å². The first kappa shape index (κ1) is 14.4. The Morgan fingerprint density at radius 3 is 2.00 bits per heavy atom. The first-order valence-corrected chi connectivity index (χ1v) is 4.92. The Balaban J connectivity index is 0.00000196. The van der Waals surface area contributed by atoms with E-state index in [1.807, 2.05) is 12.1 Å². The van der Waals surface area contributed by atoms with E-state index >= 15 is 0 Å². The summed E-state index contributed by atoms with van der Waals surface area (Å²) in [4.78, 5) is 0. The molecule has 0 amide bonds. The fraction of sp³-hybridized carbons (Fsp3) is 0.500. The Hall–Kier alpha value is -0.570. The quantitative estimate of drug-likeness (QED) is 0.818. The third-order valence-corrected chi connectivity index (χ3v) is 2.40. The maximum absolute atomic E-state index is 8.89. The lowest BCUT2D eigenvalue weighted by Crippen LogP contribution is -2.15. The summed E-state index contributed by atoms with van der Waals surface area (Å²) in [5.41, 5.74) is 8.14. The predicted octanol–water partition coefficient (Wildman–Crippen LogP) is 2.40. The molecule has 0 aromatic heterocycles. The van der Waals surface area contributed by atoms with Crippen LogP contribution in [-0.4, -0.2) is 11.7 Å². The van der Waals surface area contributed by atoms with Gasteiger partial charge in [0, 0.05) is 0 Å². The summed E-state index contributed by atoms with van der Waals surface area (Å²) < 4.78 is 0. The van der Waals surface area contributed by atoms with Crippen molar-refractivity contribution in [1.82, 2.24) is 0 Å². The van der Waals surface area contributed by atoms with Crippen LogP contribution in [0.25, 0.3) is 0 Å². The highest BCUT2D eigenvalue weighted by atomic mass is 35.5. The Morgan fingerprint density at radius 1 is 1.20 bits per heavy atom. The Bertz CT molecular complexity index is 289. The molecule has 0 saturated carbocycles. The summed E-state index contributed by atoms with van der Waals surface area (Å²) in [5, 5.41) is 8.89. The van der Waals surface area contributed by atoms with E-state index in [1.165, 1.54) is 5.56 Å². The molecule has 0 aliphatic carbocycles. The van der Waals surface area contributed by atoms with Crippen LogP contribution >= 0.6 is 12.4 Å². The van der Waals surface area contributed by atoms with Gasteiger partial charge < -0.3 is 10.8 Å². The van der Waals surface area contributed by atoms with Gasteiger partial charge in [0.05, 0.1) is 12.6 Å². The van der Waals surface area contributed by atoms with Gasteiger partial charge in [0.15, 0.2) is 0 Å². The lowest BCUT2D eigenvalue weighted by Gasteiger charge is -2.19. The van der Waals surface area contributed by atoms with Crippen LogP contribution in [0.5, 0.6) is 0 Å². The highest BCUT2D eigenvalue weighted by molar-refractivity contribution is 5.85. The van der Waals surface area contributed by atoms with Crippen LogP contribution in [0.15, 0.2) is 24.3 Å². The van der Waals surface area contributed by atoms with Crippen molar-refractivity contribution in [3.8, 4) is 0 Å². The topological polar surface area (TPSA) is 46.2 Å². The summed E-state index contributed by atoms with van der Waals surface area (Å²) in [6.45, 7) is 6.52. The molecule has 0 saturated heterocycles. The molecule has 0 fully saturated rings. The SMILES string of the molecule is CC(C)(C)c1ccc([C@H](N)CO)cc1.Cl. The van der Waals surface area contributed by atoms with E-state index in [-0.39, 0.29) is 30.5 Å². The molecule has 0 heterocycles. The van der Waals surface area contributed by atoms with Crippen LogP contribution in [0, 0.1) is 0 Å². The Labute approximate surface area is 97.9 Å². The molecule has 1 atom stereocenters. The van der Waals surface area contributed by atoms with Crippen molar-refractivity contribution >= 4 is 12.4 Å². The van der Waals surface area contributed by atoms with Crippen molar-refractivity contribution in [1.29, 1.82) is 0 Å². The van der Waals surface area contributed by atoms with Gasteiger partial charge in [-0.15, -0.1) is 12.4 Å². The molecule has 86 valence electrons. The van der Waals surface area contributed by atoms with Crippen molar-refractivity contribution in [2.45, 2.75) is 32.2 Å². The molecule has 0 spiro atoms. The van der Waals surface area contributed by atoms with E-state index < -0.39 is 0 Å². The lowest BCUT2D eigenvalue weighted by molar-refractivity contribution is 0.268. The normalized spacial score (nSPS) is 13.1. The summed E-state index contributed by atoms with van der Waals surface area (Å²) in [5.74, 6) is 0. The first-order chi connectivity index (χ1) is 6.45. The van der Waals surface area contributed by atoms with E-state index in [4.69, 9.17) is 10.8 Å². The monoisotopic (exact) mass is 229 g/mol. The number of hydrogen-bond acceptors (Lipinski definition) is 2. The summed E-state index contributed by atoms with van der Waals surface area (Å²) in [6, 6.07) is 7.86. The number of halogens is 1. The molecule has 0 radical (unpaired) electrons. The molecule has 1 aromatic carbocycles. The van der Waals surface area contributed by atoms with Crippen molar-refractivity contribution in [3.05, 3.63) is 35.4 Å². The minimum atomic E-state index is -0.260. The van der Waals surface area contributed by atoms with Gasteiger partial charge in [-0.3, -0.25) is 0 Å². The van der Waals surface area contributed by atoms with E-state index in [0.717, 1.165) is 5.56 Å². The number of nitrogens with two attached hydrogens (primary N) is 1. The average Bonchev–Trinajstić information content (AvgIpc) is 2.15. The van der Waals surface area contributed by atoms with E-state index in [1.54, 1.807) is 0 Å². The van der Waals surface area contributed by atoms with Gasteiger partial charge in [0.1, 0.15) is 0 Å². The maximum Gasteiger partial charge on any atom is 0.0624 e. The van der Waals surface area contributed by atoms with Gasteiger partial charge in [-0.25, -0.2) is 0 Å². The minimum absolute atomic E-state index is 0. The highest BCUT2D eigenvalue weighted by Gasteiger charge is 2.13. The number of rotatable bonds is 2. The smallest absolute Gasteiger partial charge is 0.0624 e. The van der Waals surface area contributed by atoms with E-state index in [2.05, 4.69) is 32.9 Å². The molecule has 3 N–H and O–H groups in total.